The van der Waals surface area contributed by atoms with Crippen LogP contribution in [0.5, 0.6) is 0 Å². The van der Waals surface area contributed by atoms with E-state index < -0.39 is 23.7 Å². The third-order valence-corrected chi connectivity index (χ3v) is 3.72. The third kappa shape index (κ3) is 5.19. The normalized spacial score (nSPS) is 10.8. The first-order valence-electron chi connectivity index (χ1n) is 7.71. The van der Waals surface area contributed by atoms with Crippen molar-refractivity contribution in [2.45, 2.75) is 6.18 Å². The minimum Gasteiger partial charge on any atom is -0.465 e. The van der Waals surface area contributed by atoms with Gasteiger partial charge in [-0.15, -0.1) is 0 Å². The van der Waals surface area contributed by atoms with Crippen molar-refractivity contribution in [2.75, 3.05) is 24.9 Å². The fourth-order valence-electron chi connectivity index (χ4n) is 2.30. The van der Waals surface area contributed by atoms with E-state index in [0.717, 1.165) is 6.07 Å². The second-order valence-electron chi connectivity index (χ2n) is 5.40. The van der Waals surface area contributed by atoms with Gasteiger partial charge in [0, 0.05) is 5.69 Å². The van der Waals surface area contributed by atoms with E-state index in [1.54, 1.807) is 0 Å². The monoisotopic (exact) mass is 412 g/mol. The van der Waals surface area contributed by atoms with Gasteiger partial charge in [0.2, 0.25) is 0 Å². The highest BCUT2D eigenvalue weighted by Gasteiger charge is 2.33. The van der Waals surface area contributed by atoms with Crippen LogP contribution < -0.4 is 10.6 Å². The molecule has 0 bridgehead atoms. The van der Waals surface area contributed by atoms with Gasteiger partial charge in [0.15, 0.2) is 5.11 Å². The average molecular weight is 412 g/mol. The van der Waals surface area contributed by atoms with Crippen molar-refractivity contribution < 1.29 is 32.2 Å². The molecule has 148 valence electrons. The molecule has 2 N–H and O–H groups in total. The summed E-state index contributed by atoms with van der Waals surface area (Å²) < 4.78 is 48.5. The number of rotatable bonds is 4. The van der Waals surface area contributed by atoms with Gasteiger partial charge in [0.05, 0.1) is 36.6 Å². The number of nitrogens with one attached hydrogen (secondary N) is 2. The van der Waals surface area contributed by atoms with Gasteiger partial charge in [-0.2, -0.15) is 13.2 Å². The summed E-state index contributed by atoms with van der Waals surface area (Å²) in [6.07, 6.45) is -4.57. The Bertz CT molecular complexity index is 882. The number of alkyl halides is 3. The van der Waals surface area contributed by atoms with Crippen LogP contribution in [0.15, 0.2) is 42.5 Å². The summed E-state index contributed by atoms with van der Waals surface area (Å²) in [7, 11) is 2.33. The lowest BCUT2D eigenvalue weighted by molar-refractivity contribution is -0.136. The molecule has 0 atom stereocenters. The second-order valence-corrected chi connectivity index (χ2v) is 5.81. The zero-order valence-electron chi connectivity index (χ0n) is 14.7. The Labute approximate surface area is 163 Å². The summed E-state index contributed by atoms with van der Waals surface area (Å²) in [6, 6.07) is 8.75. The Morgan fingerprint density at radius 3 is 1.96 bits per heavy atom. The van der Waals surface area contributed by atoms with E-state index in [-0.39, 0.29) is 27.6 Å². The maximum Gasteiger partial charge on any atom is 0.418 e. The molecule has 0 aromatic heterocycles. The molecule has 0 aliphatic heterocycles. The number of methoxy groups -OCH3 is 2. The van der Waals surface area contributed by atoms with Crippen LogP contribution in [0.2, 0.25) is 0 Å². The zero-order valence-corrected chi connectivity index (χ0v) is 15.5. The number of carbonyl (C=O) groups excluding carboxylic acids is 2. The standard InChI is InChI=1S/C18H15F3N2O4S/c1-26-15(24)10-7-11(16(25)27-2)9-12(8-10)22-17(28)23-14-6-4-3-5-13(14)18(19,20)21/h3-9H,1-2H3,(H2,22,23,28). The highest BCUT2D eigenvalue weighted by atomic mass is 32.1. The van der Waals surface area contributed by atoms with E-state index in [2.05, 4.69) is 20.1 Å². The number of halogens is 3. The van der Waals surface area contributed by atoms with Gasteiger partial charge in [0.1, 0.15) is 0 Å². The van der Waals surface area contributed by atoms with Gasteiger partial charge in [-0.05, 0) is 42.5 Å². The zero-order chi connectivity index (χ0) is 20.9. The van der Waals surface area contributed by atoms with Crippen LogP contribution in [-0.4, -0.2) is 31.3 Å². The summed E-state index contributed by atoms with van der Waals surface area (Å²) in [5.41, 5.74) is -0.884. The first-order chi connectivity index (χ1) is 13.2. The molecule has 0 heterocycles. The summed E-state index contributed by atoms with van der Waals surface area (Å²) in [5, 5.41) is 4.93. The molecule has 0 unspecified atom stereocenters. The summed E-state index contributed by atoms with van der Waals surface area (Å²) in [6.45, 7) is 0. The molecule has 0 aliphatic rings. The predicted octanol–water partition coefficient (Wildman–Crippen LogP) is 4.09. The second kappa shape index (κ2) is 8.70. The smallest absolute Gasteiger partial charge is 0.418 e. The van der Waals surface area contributed by atoms with Crippen LogP contribution >= 0.6 is 12.2 Å². The quantitative estimate of drug-likeness (QED) is 0.579. The molecule has 2 aromatic rings. The lowest BCUT2D eigenvalue weighted by atomic mass is 10.1. The molecule has 0 spiro atoms. The van der Waals surface area contributed by atoms with E-state index in [4.69, 9.17) is 12.2 Å². The van der Waals surface area contributed by atoms with Gasteiger partial charge < -0.3 is 20.1 Å². The number of hydrogen-bond donors (Lipinski definition) is 2. The number of thiocarbonyl (C=S) groups is 1. The molecule has 10 heteroatoms. The number of anilines is 2. The Hall–Kier alpha value is -3.14. The van der Waals surface area contributed by atoms with Crippen molar-refractivity contribution in [3.05, 3.63) is 59.2 Å². The molecular weight excluding hydrogens is 397 g/mol. The molecule has 2 aromatic carbocycles. The van der Waals surface area contributed by atoms with Gasteiger partial charge in [-0.3, -0.25) is 0 Å². The summed E-state index contributed by atoms with van der Waals surface area (Å²) in [5.74, 6) is -1.43. The van der Waals surface area contributed by atoms with E-state index in [1.165, 1.54) is 50.6 Å². The van der Waals surface area contributed by atoms with Crippen molar-refractivity contribution in [1.82, 2.24) is 0 Å². The number of esters is 2. The lowest BCUT2D eigenvalue weighted by Crippen LogP contribution is -2.22. The van der Waals surface area contributed by atoms with Crippen molar-refractivity contribution in [2.24, 2.45) is 0 Å². The van der Waals surface area contributed by atoms with E-state index in [0.29, 0.717) is 0 Å². The maximum atomic E-state index is 13.1. The van der Waals surface area contributed by atoms with E-state index in [1.807, 2.05) is 0 Å². The number of carbonyl (C=O) groups is 2. The average Bonchev–Trinajstić information content (AvgIpc) is 2.65. The number of ether oxygens (including phenoxy) is 2. The molecule has 0 amide bonds. The first-order valence-corrected chi connectivity index (χ1v) is 8.12. The lowest BCUT2D eigenvalue weighted by Gasteiger charge is -2.16. The Morgan fingerprint density at radius 1 is 0.929 bits per heavy atom. The number of benzene rings is 2. The molecule has 0 radical (unpaired) electrons. The molecule has 28 heavy (non-hydrogen) atoms. The minimum atomic E-state index is -4.57. The SMILES string of the molecule is COC(=O)c1cc(NC(=S)Nc2ccccc2C(F)(F)F)cc(C(=O)OC)c1. The highest BCUT2D eigenvalue weighted by Crippen LogP contribution is 2.34. The van der Waals surface area contributed by atoms with Gasteiger partial charge >= 0.3 is 18.1 Å². The molecule has 0 saturated carbocycles. The third-order valence-electron chi connectivity index (χ3n) is 3.51. The van der Waals surface area contributed by atoms with Crippen LogP contribution in [0, 0.1) is 0 Å². The minimum absolute atomic E-state index is 0.0337. The predicted molar refractivity (Wildman–Crippen MR) is 100 cm³/mol. The van der Waals surface area contributed by atoms with Gasteiger partial charge in [0.25, 0.3) is 0 Å². The van der Waals surface area contributed by atoms with Crippen LogP contribution in [0.3, 0.4) is 0 Å². The van der Waals surface area contributed by atoms with Gasteiger partial charge in [-0.1, -0.05) is 12.1 Å². The summed E-state index contributed by atoms with van der Waals surface area (Å²) >= 11 is 5.05. The highest BCUT2D eigenvalue weighted by molar-refractivity contribution is 7.80. The topological polar surface area (TPSA) is 76.7 Å². The van der Waals surface area contributed by atoms with Crippen LogP contribution in [0.25, 0.3) is 0 Å². The fraction of sp³-hybridized carbons (Fsp3) is 0.167. The maximum absolute atomic E-state index is 13.1. The van der Waals surface area contributed by atoms with E-state index in [9.17, 15) is 22.8 Å². The van der Waals surface area contributed by atoms with Crippen molar-refractivity contribution in [1.29, 1.82) is 0 Å². The molecule has 0 saturated heterocycles. The largest absolute Gasteiger partial charge is 0.465 e. The van der Waals surface area contributed by atoms with Crippen molar-refractivity contribution >= 4 is 40.6 Å². The molecule has 0 fully saturated rings. The molecular formula is C18H15F3N2O4S. The Balaban J connectivity index is 2.29. The molecule has 0 aliphatic carbocycles. The fourth-order valence-corrected chi connectivity index (χ4v) is 2.52. The van der Waals surface area contributed by atoms with Crippen LogP contribution in [-0.2, 0) is 15.7 Å². The van der Waals surface area contributed by atoms with Gasteiger partial charge in [-0.25, -0.2) is 9.59 Å². The van der Waals surface area contributed by atoms with Crippen molar-refractivity contribution in [3.63, 3.8) is 0 Å². The summed E-state index contributed by atoms with van der Waals surface area (Å²) in [4.78, 5) is 23.6. The first kappa shape index (κ1) is 21.2. The molecule has 6 nitrogen and oxygen atoms in total. The number of hydrogen-bond acceptors (Lipinski definition) is 5. The van der Waals surface area contributed by atoms with Crippen LogP contribution in [0.4, 0.5) is 24.5 Å². The Morgan fingerprint density at radius 2 is 1.46 bits per heavy atom. The molecule has 2 rings (SSSR count). The number of para-hydroxylation sites is 1. The van der Waals surface area contributed by atoms with E-state index >= 15 is 0 Å². The van der Waals surface area contributed by atoms with Crippen molar-refractivity contribution in [3.8, 4) is 0 Å². The Kier molecular flexibility index (Phi) is 6.57. The van der Waals surface area contributed by atoms with Crippen LogP contribution in [0.1, 0.15) is 26.3 Å².